The molecule has 0 saturated carbocycles. The van der Waals surface area contributed by atoms with E-state index in [1.165, 1.54) is 11.0 Å². The first kappa shape index (κ1) is 15.5. The molecule has 0 radical (unpaired) electrons. The second-order valence-electron chi connectivity index (χ2n) is 4.38. The van der Waals surface area contributed by atoms with Gasteiger partial charge < -0.3 is 4.90 Å². The maximum Gasteiger partial charge on any atom is 0.258 e. The summed E-state index contributed by atoms with van der Waals surface area (Å²) in [6, 6.07) is 10.6. The minimum Gasteiger partial charge on any atom is -0.309 e. The highest BCUT2D eigenvalue weighted by Crippen LogP contribution is 2.21. The van der Waals surface area contributed by atoms with Crippen LogP contribution in [0.5, 0.6) is 0 Å². The fraction of sp³-hybridized carbons (Fsp3) is 0.188. The Balaban J connectivity index is 2.30. The van der Waals surface area contributed by atoms with Crippen molar-refractivity contribution in [1.29, 1.82) is 0 Å². The molecule has 0 aliphatic heterocycles. The number of hydrogen-bond donors (Lipinski definition) is 0. The zero-order chi connectivity index (χ0) is 15.4. The zero-order valence-corrected chi connectivity index (χ0v) is 12.6. The van der Waals surface area contributed by atoms with Crippen molar-refractivity contribution < 1.29 is 13.6 Å². The van der Waals surface area contributed by atoms with Crippen LogP contribution >= 0.6 is 11.8 Å². The van der Waals surface area contributed by atoms with Gasteiger partial charge in [0.25, 0.3) is 5.91 Å². The van der Waals surface area contributed by atoms with Gasteiger partial charge in [-0.25, -0.2) is 8.78 Å². The summed E-state index contributed by atoms with van der Waals surface area (Å²) in [6.45, 7) is 2.16. The molecule has 0 unspecified atom stereocenters. The van der Waals surface area contributed by atoms with Crippen molar-refractivity contribution in [3.8, 4) is 0 Å². The molecule has 0 N–H and O–H groups in total. The number of benzene rings is 2. The van der Waals surface area contributed by atoms with Crippen LogP contribution in [0.3, 0.4) is 0 Å². The monoisotopic (exact) mass is 307 g/mol. The van der Waals surface area contributed by atoms with Gasteiger partial charge in [0.1, 0.15) is 0 Å². The molecular weight excluding hydrogens is 292 g/mol. The second kappa shape index (κ2) is 6.72. The van der Waals surface area contributed by atoms with Crippen LogP contribution in [0.25, 0.3) is 0 Å². The minimum atomic E-state index is -0.962. The highest BCUT2D eigenvalue weighted by atomic mass is 32.2. The largest absolute Gasteiger partial charge is 0.309 e. The maximum absolute atomic E-state index is 13.3. The molecule has 2 aromatic rings. The lowest BCUT2D eigenvalue weighted by Crippen LogP contribution is -2.30. The topological polar surface area (TPSA) is 20.3 Å². The van der Waals surface area contributed by atoms with Crippen molar-refractivity contribution >= 4 is 23.4 Å². The lowest BCUT2D eigenvalue weighted by Gasteiger charge is -2.21. The van der Waals surface area contributed by atoms with Crippen LogP contribution < -0.4 is 4.90 Å². The standard InChI is InChI=1S/C16H15F2NOS/c1-3-19(12-6-9-14(17)15(18)10-12)16(20)11-4-7-13(21-2)8-5-11/h4-10H,3H2,1-2H3. The summed E-state index contributed by atoms with van der Waals surface area (Å²) >= 11 is 1.59. The van der Waals surface area contributed by atoms with Gasteiger partial charge >= 0.3 is 0 Å². The number of thioether (sulfide) groups is 1. The van der Waals surface area contributed by atoms with Crippen LogP contribution in [0.4, 0.5) is 14.5 Å². The minimum absolute atomic E-state index is 0.240. The lowest BCUT2D eigenvalue weighted by atomic mass is 10.1. The van der Waals surface area contributed by atoms with Gasteiger partial charge in [0.15, 0.2) is 11.6 Å². The molecule has 0 atom stereocenters. The van der Waals surface area contributed by atoms with Crippen molar-refractivity contribution in [3.05, 3.63) is 59.7 Å². The third-order valence-corrected chi connectivity index (χ3v) is 3.86. The van der Waals surface area contributed by atoms with Gasteiger partial charge in [-0.15, -0.1) is 11.8 Å². The van der Waals surface area contributed by atoms with Gasteiger partial charge in [0.05, 0.1) is 0 Å². The molecule has 0 aromatic heterocycles. The number of amides is 1. The Morgan fingerprint density at radius 2 is 1.76 bits per heavy atom. The Morgan fingerprint density at radius 1 is 1.10 bits per heavy atom. The van der Waals surface area contributed by atoms with E-state index >= 15 is 0 Å². The molecule has 0 spiro atoms. The summed E-state index contributed by atoms with van der Waals surface area (Å²) in [6.07, 6.45) is 1.95. The predicted octanol–water partition coefficient (Wildman–Crippen LogP) is 4.35. The van der Waals surface area contributed by atoms with E-state index in [1.807, 2.05) is 18.4 Å². The molecular formula is C16H15F2NOS. The first-order valence-electron chi connectivity index (χ1n) is 6.47. The third kappa shape index (κ3) is 3.42. The molecule has 0 aliphatic rings. The van der Waals surface area contributed by atoms with E-state index in [4.69, 9.17) is 0 Å². The van der Waals surface area contributed by atoms with Gasteiger partial charge in [0, 0.05) is 28.8 Å². The lowest BCUT2D eigenvalue weighted by molar-refractivity contribution is 0.0988. The van der Waals surface area contributed by atoms with Crippen LogP contribution in [0.15, 0.2) is 47.4 Å². The van der Waals surface area contributed by atoms with Gasteiger partial charge in [-0.2, -0.15) is 0 Å². The van der Waals surface area contributed by atoms with E-state index < -0.39 is 11.6 Å². The van der Waals surface area contributed by atoms with E-state index in [9.17, 15) is 13.6 Å². The molecule has 2 rings (SSSR count). The summed E-state index contributed by atoms with van der Waals surface area (Å²) in [7, 11) is 0. The van der Waals surface area contributed by atoms with Crippen molar-refractivity contribution in [2.24, 2.45) is 0 Å². The van der Waals surface area contributed by atoms with Crippen molar-refractivity contribution in [3.63, 3.8) is 0 Å². The number of anilines is 1. The zero-order valence-electron chi connectivity index (χ0n) is 11.8. The molecule has 0 saturated heterocycles. The number of nitrogens with zero attached hydrogens (tertiary/aromatic N) is 1. The summed E-state index contributed by atoms with van der Waals surface area (Å²) < 4.78 is 26.3. The maximum atomic E-state index is 13.3. The quantitative estimate of drug-likeness (QED) is 0.783. The fourth-order valence-corrected chi connectivity index (χ4v) is 2.39. The van der Waals surface area contributed by atoms with E-state index in [-0.39, 0.29) is 5.91 Å². The van der Waals surface area contributed by atoms with Crippen LogP contribution in [-0.4, -0.2) is 18.7 Å². The molecule has 0 fully saturated rings. The molecule has 0 heterocycles. The van der Waals surface area contributed by atoms with Crippen LogP contribution in [0, 0.1) is 11.6 Å². The normalized spacial score (nSPS) is 10.5. The summed E-state index contributed by atoms with van der Waals surface area (Å²) in [4.78, 5) is 14.9. The molecule has 2 aromatic carbocycles. The first-order valence-corrected chi connectivity index (χ1v) is 7.70. The van der Waals surface area contributed by atoms with Crippen molar-refractivity contribution in [2.75, 3.05) is 17.7 Å². The summed E-state index contributed by atoms with van der Waals surface area (Å²) in [5.74, 6) is -2.13. The molecule has 1 amide bonds. The average molecular weight is 307 g/mol. The van der Waals surface area contributed by atoms with Crippen molar-refractivity contribution in [2.45, 2.75) is 11.8 Å². The van der Waals surface area contributed by atoms with E-state index in [0.717, 1.165) is 17.0 Å². The van der Waals surface area contributed by atoms with E-state index in [0.29, 0.717) is 17.8 Å². The van der Waals surface area contributed by atoms with Crippen LogP contribution in [-0.2, 0) is 0 Å². The molecule has 110 valence electrons. The Kier molecular flexibility index (Phi) is 4.96. The van der Waals surface area contributed by atoms with Gasteiger partial charge in [-0.3, -0.25) is 4.79 Å². The Hall–Kier alpha value is -1.88. The Morgan fingerprint density at radius 3 is 2.29 bits per heavy atom. The van der Waals surface area contributed by atoms with Crippen molar-refractivity contribution in [1.82, 2.24) is 0 Å². The molecule has 21 heavy (non-hydrogen) atoms. The number of rotatable bonds is 4. The second-order valence-corrected chi connectivity index (χ2v) is 5.26. The highest BCUT2D eigenvalue weighted by Gasteiger charge is 2.17. The van der Waals surface area contributed by atoms with Gasteiger partial charge in [-0.1, -0.05) is 0 Å². The number of carbonyl (C=O) groups excluding carboxylic acids is 1. The molecule has 5 heteroatoms. The predicted molar refractivity (Wildman–Crippen MR) is 81.9 cm³/mol. The Labute approximate surface area is 126 Å². The Bertz CT molecular complexity index is 643. The average Bonchev–Trinajstić information content (AvgIpc) is 2.51. The number of hydrogen-bond acceptors (Lipinski definition) is 2. The number of halogens is 2. The highest BCUT2D eigenvalue weighted by molar-refractivity contribution is 7.98. The van der Waals surface area contributed by atoms with Crippen LogP contribution in [0.1, 0.15) is 17.3 Å². The number of carbonyl (C=O) groups is 1. The third-order valence-electron chi connectivity index (χ3n) is 3.11. The smallest absolute Gasteiger partial charge is 0.258 e. The summed E-state index contributed by atoms with van der Waals surface area (Å²) in [5.41, 5.74) is 0.856. The van der Waals surface area contributed by atoms with Gasteiger partial charge in [0.2, 0.25) is 0 Å². The van der Waals surface area contributed by atoms with E-state index in [1.54, 1.807) is 30.8 Å². The molecule has 2 nitrogen and oxygen atoms in total. The molecule has 0 bridgehead atoms. The summed E-state index contributed by atoms with van der Waals surface area (Å²) in [5, 5.41) is 0. The fourth-order valence-electron chi connectivity index (χ4n) is 1.99. The van der Waals surface area contributed by atoms with E-state index in [2.05, 4.69) is 0 Å². The van der Waals surface area contributed by atoms with Crippen LogP contribution in [0.2, 0.25) is 0 Å². The first-order chi connectivity index (χ1) is 10.1. The SMILES string of the molecule is CCN(C(=O)c1ccc(SC)cc1)c1ccc(F)c(F)c1. The van der Waals surface area contributed by atoms with Gasteiger partial charge in [-0.05, 0) is 49.6 Å². The molecule has 0 aliphatic carbocycles.